The number of hydrogen-bond acceptors (Lipinski definition) is 2. The summed E-state index contributed by atoms with van der Waals surface area (Å²) in [6, 6.07) is 8.73. The molecule has 0 spiro atoms. The Balaban J connectivity index is 2.33. The Morgan fingerprint density at radius 1 is 1.33 bits per heavy atom. The maximum absolute atomic E-state index is 5.73. The lowest BCUT2D eigenvalue weighted by molar-refractivity contribution is 0.321. The zero-order valence-corrected chi connectivity index (χ0v) is 11.0. The van der Waals surface area contributed by atoms with E-state index in [0.717, 1.165) is 24.0 Å². The minimum absolute atomic E-state index is 0.250. The molecule has 2 nitrogen and oxygen atoms in total. The van der Waals surface area contributed by atoms with E-state index in [9.17, 15) is 0 Å². The van der Waals surface area contributed by atoms with E-state index < -0.39 is 0 Å². The third-order valence-electron chi connectivity index (χ3n) is 2.30. The Bertz CT molecular complexity index is 282. The van der Waals surface area contributed by atoms with Gasteiger partial charge in [0.2, 0.25) is 0 Å². The van der Waals surface area contributed by atoms with Crippen LogP contribution in [0.1, 0.15) is 12.5 Å². The lowest BCUT2D eigenvalue weighted by atomic mass is 10.1. The zero-order chi connectivity index (χ0) is 11.3. The van der Waals surface area contributed by atoms with E-state index in [0.29, 0.717) is 0 Å². The van der Waals surface area contributed by atoms with Crippen LogP contribution in [0.15, 0.2) is 28.7 Å². The molecule has 3 heteroatoms. The first kappa shape index (κ1) is 12.7. The van der Waals surface area contributed by atoms with E-state index in [4.69, 9.17) is 5.73 Å². The van der Waals surface area contributed by atoms with E-state index in [1.165, 1.54) is 5.56 Å². The molecule has 0 aliphatic rings. The molecule has 84 valence electrons. The molecule has 0 bridgehead atoms. The number of hydrogen-bond donors (Lipinski definition) is 1. The molecule has 0 saturated heterocycles. The SMILES string of the molecule is CC(N)CN(C)CCc1ccc(Br)cc1. The predicted octanol–water partition coefficient (Wildman–Crippen LogP) is 2.27. The van der Waals surface area contributed by atoms with Gasteiger partial charge in [-0.25, -0.2) is 0 Å². The van der Waals surface area contributed by atoms with Gasteiger partial charge >= 0.3 is 0 Å². The van der Waals surface area contributed by atoms with Crippen molar-refractivity contribution in [2.45, 2.75) is 19.4 Å². The summed E-state index contributed by atoms with van der Waals surface area (Å²) in [7, 11) is 2.11. The lowest BCUT2D eigenvalue weighted by Crippen LogP contribution is -2.34. The highest BCUT2D eigenvalue weighted by molar-refractivity contribution is 9.10. The van der Waals surface area contributed by atoms with E-state index in [-0.39, 0.29) is 6.04 Å². The molecule has 1 aromatic rings. The molecule has 0 radical (unpaired) electrons. The van der Waals surface area contributed by atoms with Gasteiger partial charge in [0.15, 0.2) is 0 Å². The van der Waals surface area contributed by atoms with Crippen molar-refractivity contribution in [1.82, 2.24) is 4.90 Å². The van der Waals surface area contributed by atoms with Gasteiger partial charge in [0.25, 0.3) is 0 Å². The molecule has 1 atom stereocenters. The van der Waals surface area contributed by atoms with Gasteiger partial charge in [-0.1, -0.05) is 28.1 Å². The third kappa shape index (κ3) is 5.30. The highest BCUT2D eigenvalue weighted by Crippen LogP contribution is 2.10. The fourth-order valence-electron chi connectivity index (χ4n) is 1.55. The summed E-state index contributed by atoms with van der Waals surface area (Å²) >= 11 is 3.43. The van der Waals surface area contributed by atoms with Crippen LogP contribution in [0.25, 0.3) is 0 Å². The summed E-state index contributed by atoms with van der Waals surface area (Å²) in [5.74, 6) is 0. The molecule has 0 fully saturated rings. The second-order valence-electron chi connectivity index (χ2n) is 4.12. The average Bonchev–Trinajstić information content (AvgIpc) is 2.16. The van der Waals surface area contributed by atoms with Crippen LogP contribution in [0.2, 0.25) is 0 Å². The van der Waals surface area contributed by atoms with E-state index in [2.05, 4.69) is 52.1 Å². The number of likely N-dealkylation sites (N-methyl/N-ethyl adjacent to an activating group) is 1. The Morgan fingerprint density at radius 3 is 2.47 bits per heavy atom. The monoisotopic (exact) mass is 270 g/mol. The summed E-state index contributed by atoms with van der Waals surface area (Å²) in [5.41, 5.74) is 7.10. The molecular formula is C12H19BrN2. The van der Waals surface area contributed by atoms with Crippen LogP contribution in [0.5, 0.6) is 0 Å². The summed E-state index contributed by atoms with van der Waals surface area (Å²) in [6.45, 7) is 4.05. The van der Waals surface area contributed by atoms with Crippen LogP contribution < -0.4 is 5.73 Å². The normalized spacial score (nSPS) is 13.1. The van der Waals surface area contributed by atoms with Gasteiger partial charge in [0.05, 0.1) is 0 Å². The van der Waals surface area contributed by atoms with E-state index >= 15 is 0 Å². The molecular weight excluding hydrogens is 252 g/mol. The highest BCUT2D eigenvalue weighted by Gasteiger charge is 2.01. The molecule has 1 aromatic carbocycles. The van der Waals surface area contributed by atoms with E-state index in [1.54, 1.807) is 0 Å². The molecule has 0 saturated carbocycles. The summed E-state index contributed by atoms with van der Waals surface area (Å²) < 4.78 is 1.13. The maximum atomic E-state index is 5.73. The first-order valence-corrected chi connectivity index (χ1v) is 6.06. The second-order valence-corrected chi connectivity index (χ2v) is 5.03. The van der Waals surface area contributed by atoms with Crippen LogP contribution in [-0.4, -0.2) is 31.1 Å². The average molecular weight is 271 g/mol. The van der Waals surface area contributed by atoms with Crippen molar-refractivity contribution >= 4 is 15.9 Å². The van der Waals surface area contributed by atoms with Crippen molar-refractivity contribution in [3.8, 4) is 0 Å². The Morgan fingerprint density at radius 2 is 1.93 bits per heavy atom. The summed E-state index contributed by atoms with van der Waals surface area (Å²) in [4.78, 5) is 2.27. The van der Waals surface area contributed by atoms with Gasteiger partial charge in [0, 0.05) is 23.6 Å². The highest BCUT2D eigenvalue weighted by atomic mass is 79.9. The first-order chi connectivity index (χ1) is 7.08. The number of rotatable bonds is 5. The minimum Gasteiger partial charge on any atom is -0.327 e. The van der Waals surface area contributed by atoms with Crippen molar-refractivity contribution in [2.75, 3.05) is 20.1 Å². The molecule has 2 N–H and O–H groups in total. The van der Waals surface area contributed by atoms with E-state index in [1.807, 2.05) is 6.92 Å². The molecule has 0 aliphatic heterocycles. The van der Waals surface area contributed by atoms with Crippen LogP contribution in [0, 0.1) is 0 Å². The summed E-state index contributed by atoms with van der Waals surface area (Å²) in [6.07, 6.45) is 1.08. The molecule has 0 aliphatic carbocycles. The van der Waals surface area contributed by atoms with Crippen LogP contribution in [0.4, 0.5) is 0 Å². The maximum Gasteiger partial charge on any atom is 0.0175 e. The topological polar surface area (TPSA) is 29.3 Å². The Labute approximate surface area is 101 Å². The van der Waals surface area contributed by atoms with Gasteiger partial charge in [-0.3, -0.25) is 0 Å². The molecule has 1 rings (SSSR count). The predicted molar refractivity (Wildman–Crippen MR) is 69.0 cm³/mol. The standard InChI is InChI=1S/C12H19BrN2/c1-10(14)9-15(2)8-7-11-3-5-12(13)6-4-11/h3-6,10H,7-9,14H2,1-2H3. The van der Waals surface area contributed by atoms with Crippen molar-refractivity contribution in [3.05, 3.63) is 34.3 Å². The van der Waals surface area contributed by atoms with Crippen molar-refractivity contribution < 1.29 is 0 Å². The largest absolute Gasteiger partial charge is 0.327 e. The second kappa shape index (κ2) is 6.26. The number of nitrogens with zero attached hydrogens (tertiary/aromatic N) is 1. The van der Waals surface area contributed by atoms with Gasteiger partial charge in [-0.05, 0) is 38.1 Å². The number of benzene rings is 1. The van der Waals surface area contributed by atoms with Crippen LogP contribution in [0.3, 0.4) is 0 Å². The minimum atomic E-state index is 0.250. The zero-order valence-electron chi connectivity index (χ0n) is 9.41. The fourth-order valence-corrected chi connectivity index (χ4v) is 1.82. The number of halogens is 1. The van der Waals surface area contributed by atoms with Gasteiger partial charge in [-0.2, -0.15) is 0 Å². The van der Waals surface area contributed by atoms with Gasteiger partial charge in [-0.15, -0.1) is 0 Å². The molecule has 0 amide bonds. The molecule has 15 heavy (non-hydrogen) atoms. The van der Waals surface area contributed by atoms with Crippen molar-refractivity contribution in [1.29, 1.82) is 0 Å². The first-order valence-electron chi connectivity index (χ1n) is 5.26. The number of nitrogens with two attached hydrogens (primary N) is 1. The third-order valence-corrected chi connectivity index (χ3v) is 2.82. The molecule has 0 heterocycles. The quantitative estimate of drug-likeness (QED) is 0.890. The van der Waals surface area contributed by atoms with Gasteiger partial charge in [0.1, 0.15) is 0 Å². The van der Waals surface area contributed by atoms with Crippen LogP contribution in [-0.2, 0) is 6.42 Å². The Hall–Kier alpha value is -0.380. The van der Waals surface area contributed by atoms with Crippen molar-refractivity contribution in [2.24, 2.45) is 5.73 Å². The smallest absolute Gasteiger partial charge is 0.0175 e. The molecule has 0 aromatic heterocycles. The van der Waals surface area contributed by atoms with Crippen LogP contribution >= 0.6 is 15.9 Å². The molecule has 1 unspecified atom stereocenters. The summed E-state index contributed by atoms with van der Waals surface area (Å²) in [5, 5.41) is 0. The van der Waals surface area contributed by atoms with Gasteiger partial charge < -0.3 is 10.6 Å². The van der Waals surface area contributed by atoms with Crippen molar-refractivity contribution in [3.63, 3.8) is 0 Å². The fraction of sp³-hybridized carbons (Fsp3) is 0.500. The Kier molecular flexibility index (Phi) is 5.29. The lowest BCUT2D eigenvalue weighted by Gasteiger charge is -2.18.